The van der Waals surface area contributed by atoms with E-state index < -0.39 is 0 Å². The monoisotopic (exact) mass is 391 g/mol. The second kappa shape index (κ2) is 6.37. The van der Waals surface area contributed by atoms with Gasteiger partial charge in [-0.2, -0.15) is 5.10 Å². The maximum atomic E-state index is 12.8. The van der Waals surface area contributed by atoms with Gasteiger partial charge in [0, 0.05) is 41.3 Å². The lowest BCUT2D eigenvalue weighted by atomic mass is 9.75. The summed E-state index contributed by atoms with van der Waals surface area (Å²) in [5.74, 6) is 0.776. The van der Waals surface area contributed by atoms with Crippen LogP contribution in [0.3, 0.4) is 0 Å². The Morgan fingerprint density at radius 3 is 2.76 bits per heavy atom. The molecular formula is C23H29N5O. The number of nitrogens with two attached hydrogens (primary N) is 1. The molecule has 2 aliphatic carbocycles. The Bertz CT molecular complexity index is 1110. The number of ketones is 1. The largest absolute Gasteiger partial charge is 0.382 e. The van der Waals surface area contributed by atoms with Gasteiger partial charge in [-0.3, -0.25) is 9.89 Å². The van der Waals surface area contributed by atoms with Gasteiger partial charge in [-0.15, -0.1) is 0 Å². The standard InChI is InChI=1S/C23H29N5O/c1-13-12-28(18-10-23(2,3)11-19(29)20(13)18)15-8-16(25-14-6-4-5-7-14)21-17(9-15)26-27-22(21)24/h8-9,12,14,25H,4-7,10-11H2,1-3H3,(H3,24,26,27). The summed E-state index contributed by atoms with van der Waals surface area (Å²) in [6.07, 6.45) is 8.50. The third-order valence-electron chi connectivity index (χ3n) is 6.53. The van der Waals surface area contributed by atoms with Gasteiger partial charge in [-0.25, -0.2) is 0 Å². The van der Waals surface area contributed by atoms with Crippen molar-refractivity contribution in [1.29, 1.82) is 0 Å². The first-order valence-electron chi connectivity index (χ1n) is 10.6. The number of hydrogen-bond acceptors (Lipinski definition) is 4. The van der Waals surface area contributed by atoms with Crippen molar-refractivity contribution in [1.82, 2.24) is 14.8 Å². The molecule has 0 unspecified atom stereocenters. The van der Waals surface area contributed by atoms with Crippen LogP contribution in [0, 0.1) is 12.3 Å². The minimum atomic E-state index is -0.0277. The number of nitrogen functional groups attached to an aromatic ring is 1. The van der Waals surface area contributed by atoms with Crippen molar-refractivity contribution >= 4 is 28.2 Å². The summed E-state index contributed by atoms with van der Waals surface area (Å²) in [5, 5.41) is 12.0. The van der Waals surface area contributed by atoms with E-state index in [1.165, 1.54) is 25.7 Å². The molecule has 1 aromatic carbocycles. The van der Waals surface area contributed by atoms with Crippen molar-refractivity contribution in [3.63, 3.8) is 0 Å². The van der Waals surface area contributed by atoms with Gasteiger partial charge in [0.25, 0.3) is 0 Å². The maximum Gasteiger partial charge on any atom is 0.165 e. The SMILES string of the molecule is Cc1cn(-c2cc(NC3CCCC3)c3c(N)n[nH]c3c2)c2c1C(=O)CC(C)(C)C2. The Hall–Kier alpha value is -2.76. The number of aryl methyl sites for hydroxylation is 1. The molecule has 2 aliphatic rings. The van der Waals surface area contributed by atoms with Crippen LogP contribution in [0.1, 0.15) is 67.6 Å². The van der Waals surface area contributed by atoms with Crippen molar-refractivity contribution in [3.05, 3.63) is 35.2 Å². The van der Waals surface area contributed by atoms with Crippen LogP contribution in [-0.2, 0) is 6.42 Å². The lowest BCUT2D eigenvalue weighted by Crippen LogP contribution is -2.28. The molecule has 1 fully saturated rings. The minimum absolute atomic E-state index is 0.0277. The fraction of sp³-hybridized carbons (Fsp3) is 0.478. The molecule has 0 radical (unpaired) electrons. The smallest absolute Gasteiger partial charge is 0.165 e. The molecular weight excluding hydrogens is 362 g/mol. The van der Waals surface area contributed by atoms with Gasteiger partial charge >= 0.3 is 0 Å². The number of aromatic nitrogens is 3. The molecule has 4 N–H and O–H groups in total. The van der Waals surface area contributed by atoms with Crippen LogP contribution in [0.15, 0.2) is 18.3 Å². The number of benzene rings is 1. The highest BCUT2D eigenvalue weighted by atomic mass is 16.1. The molecule has 5 rings (SSSR count). The van der Waals surface area contributed by atoms with E-state index in [1.807, 2.05) is 6.92 Å². The van der Waals surface area contributed by atoms with Crippen LogP contribution in [0.5, 0.6) is 0 Å². The highest BCUT2D eigenvalue weighted by Crippen LogP contribution is 2.39. The highest BCUT2D eigenvalue weighted by Gasteiger charge is 2.35. The van der Waals surface area contributed by atoms with Gasteiger partial charge in [-0.1, -0.05) is 26.7 Å². The summed E-state index contributed by atoms with van der Waals surface area (Å²) in [4.78, 5) is 12.8. The van der Waals surface area contributed by atoms with Gasteiger partial charge in [0.2, 0.25) is 0 Å². The zero-order valence-corrected chi connectivity index (χ0v) is 17.4. The second-order valence-corrected chi connectivity index (χ2v) is 9.60. The van der Waals surface area contributed by atoms with Crippen molar-refractivity contribution in [2.45, 2.75) is 65.3 Å². The predicted molar refractivity (Wildman–Crippen MR) is 117 cm³/mol. The van der Waals surface area contributed by atoms with Crippen molar-refractivity contribution in [2.75, 3.05) is 11.1 Å². The van der Waals surface area contributed by atoms with E-state index >= 15 is 0 Å². The summed E-state index contributed by atoms with van der Waals surface area (Å²) in [7, 11) is 0. The summed E-state index contributed by atoms with van der Waals surface area (Å²) in [6, 6.07) is 4.73. The molecule has 152 valence electrons. The molecule has 6 heteroatoms. The second-order valence-electron chi connectivity index (χ2n) is 9.60. The van der Waals surface area contributed by atoms with Gasteiger partial charge in [0.05, 0.1) is 10.9 Å². The summed E-state index contributed by atoms with van der Waals surface area (Å²) in [5.41, 5.74) is 12.2. The lowest BCUT2D eigenvalue weighted by Gasteiger charge is -2.30. The molecule has 0 spiro atoms. The average Bonchev–Trinajstić information content (AvgIpc) is 3.34. The number of carbonyl (C=O) groups is 1. The maximum absolute atomic E-state index is 12.8. The number of fused-ring (bicyclic) bond motifs is 2. The zero-order valence-electron chi connectivity index (χ0n) is 17.4. The van der Waals surface area contributed by atoms with E-state index in [-0.39, 0.29) is 11.2 Å². The third kappa shape index (κ3) is 3.02. The number of anilines is 2. The Morgan fingerprint density at radius 1 is 1.24 bits per heavy atom. The Kier molecular flexibility index (Phi) is 4.02. The van der Waals surface area contributed by atoms with Gasteiger partial charge in [0.15, 0.2) is 11.6 Å². The minimum Gasteiger partial charge on any atom is -0.382 e. The fourth-order valence-corrected chi connectivity index (χ4v) is 5.22. The van der Waals surface area contributed by atoms with Gasteiger partial charge in [0.1, 0.15) is 0 Å². The summed E-state index contributed by atoms with van der Waals surface area (Å²) >= 11 is 0. The molecule has 2 heterocycles. The number of rotatable bonds is 3. The Labute approximate surface area is 170 Å². The van der Waals surface area contributed by atoms with Crippen molar-refractivity contribution in [3.8, 4) is 5.69 Å². The van der Waals surface area contributed by atoms with Crippen LogP contribution in [-0.4, -0.2) is 26.6 Å². The molecule has 3 aromatic rings. The number of Topliss-reactive ketones (excluding diaryl/α,β-unsaturated/α-hetero) is 1. The van der Waals surface area contributed by atoms with Crippen LogP contribution in [0.2, 0.25) is 0 Å². The number of H-pyrrole nitrogens is 1. The molecule has 29 heavy (non-hydrogen) atoms. The summed E-state index contributed by atoms with van der Waals surface area (Å²) < 4.78 is 2.19. The first-order valence-corrected chi connectivity index (χ1v) is 10.6. The van der Waals surface area contributed by atoms with Crippen molar-refractivity contribution in [2.24, 2.45) is 5.41 Å². The fourth-order valence-electron chi connectivity index (χ4n) is 5.22. The molecule has 0 amide bonds. The number of hydrogen-bond donors (Lipinski definition) is 3. The van der Waals surface area contributed by atoms with Crippen molar-refractivity contribution < 1.29 is 4.79 Å². The summed E-state index contributed by atoms with van der Waals surface area (Å²) in [6.45, 7) is 6.38. The Morgan fingerprint density at radius 2 is 2.00 bits per heavy atom. The molecule has 1 saturated carbocycles. The van der Waals surface area contributed by atoms with E-state index in [1.54, 1.807) is 0 Å². The molecule has 0 bridgehead atoms. The van der Waals surface area contributed by atoms with Crippen LogP contribution in [0.25, 0.3) is 16.6 Å². The number of nitrogens with one attached hydrogen (secondary N) is 2. The molecule has 2 aromatic heterocycles. The number of carbonyl (C=O) groups excluding carboxylic acids is 1. The number of aromatic amines is 1. The van der Waals surface area contributed by atoms with E-state index in [2.05, 4.69) is 52.3 Å². The topological polar surface area (TPSA) is 88.7 Å². The van der Waals surface area contributed by atoms with Crippen LogP contribution in [0.4, 0.5) is 11.5 Å². The first kappa shape index (κ1) is 18.3. The lowest BCUT2D eigenvalue weighted by molar-refractivity contribution is 0.0910. The van der Waals surface area contributed by atoms with Crippen LogP contribution < -0.4 is 11.1 Å². The van der Waals surface area contributed by atoms with E-state index in [4.69, 9.17) is 5.73 Å². The van der Waals surface area contributed by atoms with E-state index in [0.29, 0.717) is 18.3 Å². The van der Waals surface area contributed by atoms with Gasteiger partial charge in [-0.05, 0) is 49.3 Å². The average molecular weight is 392 g/mol. The third-order valence-corrected chi connectivity index (χ3v) is 6.53. The van der Waals surface area contributed by atoms with E-state index in [0.717, 1.165) is 45.5 Å². The highest BCUT2D eigenvalue weighted by molar-refractivity contribution is 6.02. The van der Waals surface area contributed by atoms with Crippen LogP contribution >= 0.6 is 0 Å². The molecule has 0 aliphatic heterocycles. The van der Waals surface area contributed by atoms with Gasteiger partial charge < -0.3 is 15.6 Å². The molecule has 0 saturated heterocycles. The predicted octanol–water partition coefficient (Wildman–Crippen LogP) is 4.75. The quantitative estimate of drug-likeness (QED) is 0.601. The zero-order chi connectivity index (χ0) is 20.3. The molecule has 6 nitrogen and oxygen atoms in total. The molecule has 0 atom stereocenters. The number of nitrogens with zero attached hydrogens (tertiary/aromatic N) is 2. The Balaban J connectivity index is 1.67. The normalized spacial score (nSPS) is 19.1. The first-order chi connectivity index (χ1) is 13.8. The van der Waals surface area contributed by atoms with E-state index in [9.17, 15) is 4.79 Å².